The molecule has 3 fully saturated rings. The van der Waals surface area contributed by atoms with Crippen molar-refractivity contribution in [3.63, 3.8) is 0 Å². The Morgan fingerprint density at radius 2 is 1.64 bits per heavy atom. The lowest BCUT2D eigenvalue weighted by atomic mass is 9.39. The Kier molecular flexibility index (Phi) is 6.74. The van der Waals surface area contributed by atoms with E-state index in [0.29, 0.717) is 22.7 Å². The van der Waals surface area contributed by atoms with Crippen LogP contribution in [0.4, 0.5) is 0 Å². The van der Waals surface area contributed by atoms with Gasteiger partial charge in [0.25, 0.3) is 0 Å². The summed E-state index contributed by atoms with van der Waals surface area (Å²) >= 11 is 0. The minimum atomic E-state index is -0.430. The van der Waals surface area contributed by atoms with Crippen LogP contribution in [-0.4, -0.2) is 17.8 Å². The minimum absolute atomic E-state index is 0.156. The minimum Gasteiger partial charge on any atom is -0.392 e. The van der Waals surface area contributed by atoms with Crippen LogP contribution in [0.25, 0.3) is 0 Å². The molecule has 4 rings (SSSR count). The van der Waals surface area contributed by atoms with Gasteiger partial charge in [-0.3, -0.25) is 0 Å². The molecule has 3 saturated carbocycles. The van der Waals surface area contributed by atoms with Crippen molar-refractivity contribution in [2.24, 2.45) is 62.3 Å². The molecular formula is C30H51NO2. The molecule has 0 aromatic carbocycles. The van der Waals surface area contributed by atoms with Crippen LogP contribution in [0.2, 0.25) is 0 Å². The van der Waals surface area contributed by atoms with Gasteiger partial charge in [0.2, 0.25) is 0 Å². The van der Waals surface area contributed by atoms with E-state index in [9.17, 15) is 10.0 Å². The largest absolute Gasteiger partial charge is 0.392 e. The molecule has 3 nitrogen and oxygen atoms in total. The van der Waals surface area contributed by atoms with E-state index in [0.717, 1.165) is 30.6 Å². The Bertz CT molecular complexity index is 762. The third kappa shape index (κ3) is 3.69. The number of fused-ring (bicyclic) bond motifs is 5. The standard InChI is InChI=1S/C30H51NO2/c1-20(2)9-8-10-21(3)22-13-17-30(7)24-11-12-25-27(4,23(24)14-18-29(22,30)6)16-15-26(32)28(25,5)19-31-33/h11-12,20-26,32H,8-10,13-19H2,1-7H3/t21-,22-,23+,24-,25?,26+,27-,28?,29-,30+/m1/s1. The topological polar surface area (TPSA) is 49.7 Å². The lowest BCUT2D eigenvalue weighted by Gasteiger charge is -2.65. The van der Waals surface area contributed by atoms with Crippen LogP contribution in [0.15, 0.2) is 17.3 Å². The Labute approximate surface area is 203 Å². The molecule has 0 aromatic heterocycles. The van der Waals surface area contributed by atoms with Gasteiger partial charge in [-0.05, 0) is 90.3 Å². The van der Waals surface area contributed by atoms with E-state index in [1.54, 1.807) is 0 Å². The van der Waals surface area contributed by atoms with Crippen molar-refractivity contribution in [1.29, 1.82) is 0 Å². The smallest absolute Gasteiger partial charge is 0.0895 e. The van der Waals surface area contributed by atoms with E-state index >= 15 is 0 Å². The van der Waals surface area contributed by atoms with Crippen molar-refractivity contribution >= 4 is 0 Å². The quantitative estimate of drug-likeness (QED) is 0.311. The number of nitrogens with zero attached hydrogens (tertiary/aromatic N) is 1. The zero-order valence-electron chi connectivity index (χ0n) is 22.6. The second-order valence-corrected chi connectivity index (χ2v) is 14.2. The van der Waals surface area contributed by atoms with E-state index < -0.39 is 11.5 Å². The van der Waals surface area contributed by atoms with Gasteiger partial charge in [-0.25, -0.2) is 0 Å². The first-order valence-corrected chi connectivity index (χ1v) is 14.1. The molecule has 0 radical (unpaired) electrons. The highest BCUT2D eigenvalue weighted by Gasteiger charge is 2.66. The van der Waals surface area contributed by atoms with Crippen LogP contribution in [-0.2, 0) is 0 Å². The van der Waals surface area contributed by atoms with Crippen molar-refractivity contribution in [3.05, 3.63) is 17.1 Å². The zero-order chi connectivity index (χ0) is 24.2. The molecule has 0 amide bonds. The van der Waals surface area contributed by atoms with Gasteiger partial charge in [0, 0.05) is 5.41 Å². The first-order chi connectivity index (χ1) is 15.4. The van der Waals surface area contributed by atoms with E-state index in [2.05, 4.69) is 65.8 Å². The highest BCUT2D eigenvalue weighted by molar-refractivity contribution is 5.24. The number of rotatable bonds is 7. The van der Waals surface area contributed by atoms with Gasteiger partial charge in [-0.15, -0.1) is 0 Å². The molecule has 4 aliphatic rings. The van der Waals surface area contributed by atoms with Crippen LogP contribution in [0.1, 0.15) is 106 Å². The lowest BCUT2D eigenvalue weighted by Crippen LogP contribution is -2.61. The van der Waals surface area contributed by atoms with Crippen LogP contribution < -0.4 is 0 Å². The molecule has 33 heavy (non-hydrogen) atoms. The summed E-state index contributed by atoms with van der Waals surface area (Å²) in [5.74, 6) is 3.98. The number of hydrogen-bond acceptors (Lipinski definition) is 3. The summed E-state index contributed by atoms with van der Waals surface area (Å²) in [6, 6.07) is 0. The van der Waals surface area contributed by atoms with E-state index in [4.69, 9.17) is 0 Å². The molecule has 0 spiro atoms. The van der Waals surface area contributed by atoms with E-state index in [-0.39, 0.29) is 17.9 Å². The first kappa shape index (κ1) is 25.4. The van der Waals surface area contributed by atoms with Gasteiger partial charge in [-0.2, -0.15) is 4.91 Å². The van der Waals surface area contributed by atoms with Crippen molar-refractivity contribution < 1.29 is 5.11 Å². The summed E-state index contributed by atoms with van der Waals surface area (Å²) < 4.78 is 0. The van der Waals surface area contributed by atoms with Crippen LogP contribution in [0, 0.1) is 62.1 Å². The first-order valence-electron chi connectivity index (χ1n) is 14.1. The van der Waals surface area contributed by atoms with Gasteiger partial charge in [0.1, 0.15) is 0 Å². The van der Waals surface area contributed by atoms with Gasteiger partial charge in [-0.1, -0.05) is 85.1 Å². The number of nitroso groups, excluding NO2 is 1. The predicted octanol–water partition coefficient (Wildman–Crippen LogP) is 8.02. The predicted molar refractivity (Wildman–Crippen MR) is 138 cm³/mol. The number of allylic oxidation sites excluding steroid dienone is 2. The van der Waals surface area contributed by atoms with Crippen molar-refractivity contribution in [2.75, 3.05) is 6.54 Å². The number of aliphatic hydroxyl groups is 1. The SMILES string of the molecule is CC(C)CCC[C@@H](C)[C@H]1CC[C@@]2(C)[C@@H]3C=CC4C(C)(CN=O)[C@@H](O)CC[C@]4(C)[C@H]3CC[C@]12C. The molecule has 0 saturated heterocycles. The molecule has 0 bridgehead atoms. The average molecular weight is 458 g/mol. The van der Waals surface area contributed by atoms with Crippen LogP contribution in [0.5, 0.6) is 0 Å². The van der Waals surface area contributed by atoms with E-state index in [1.807, 2.05) is 0 Å². The summed E-state index contributed by atoms with van der Waals surface area (Å²) in [6.07, 6.45) is 15.9. The molecular weight excluding hydrogens is 406 g/mol. The summed E-state index contributed by atoms with van der Waals surface area (Å²) in [7, 11) is 0. The van der Waals surface area contributed by atoms with Gasteiger partial charge in [0.05, 0.1) is 12.6 Å². The van der Waals surface area contributed by atoms with Crippen LogP contribution in [0.3, 0.4) is 0 Å². The number of aliphatic hydroxyl groups excluding tert-OH is 1. The van der Waals surface area contributed by atoms with Gasteiger partial charge < -0.3 is 5.11 Å². The Balaban J connectivity index is 1.61. The third-order valence-electron chi connectivity index (χ3n) is 12.3. The van der Waals surface area contributed by atoms with Gasteiger partial charge >= 0.3 is 0 Å². The summed E-state index contributed by atoms with van der Waals surface area (Å²) in [5.41, 5.74) is 0.498. The fraction of sp³-hybridized carbons (Fsp3) is 0.933. The highest BCUT2D eigenvalue weighted by atomic mass is 16.3. The molecule has 188 valence electrons. The molecule has 4 aliphatic carbocycles. The second kappa shape index (κ2) is 8.75. The monoisotopic (exact) mass is 457 g/mol. The molecule has 0 aromatic rings. The van der Waals surface area contributed by atoms with Crippen molar-refractivity contribution in [2.45, 2.75) is 112 Å². The summed E-state index contributed by atoms with van der Waals surface area (Å²) in [4.78, 5) is 11.4. The average Bonchev–Trinajstić information content (AvgIpc) is 3.03. The Morgan fingerprint density at radius 3 is 2.30 bits per heavy atom. The Morgan fingerprint density at radius 1 is 0.939 bits per heavy atom. The molecule has 0 aliphatic heterocycles. The fourth-order valence-corrected chi connectivity index (χ4v) is 9.95. The molecule has 0 heterocycles. The Hall–Kier alpha value is -0.700. The maximum Gasteiger partial charge on any atom is 0.0895 e. The molecule has 2 unspecified atom stereocenters. The highest BCUT2D eigenvalue weighted by Crippen LogP contribution is 2.73. The summed E-state index contributed by atoms with van der Waals surface area (Å²) in [5, 5.41) is 14.2. The molecule has 1 N–H and O–H groups in total. The van der Waals surface area contributed by atoms with Crippen LogP contribution >= 0.6 is 0 Å². The van der Waals surface area contributed by atoms with Crippen molar-refractivity contribution in [3.8, 4) is 0 Å². The maximum absolute atomic E-state index is 11.4. The number of hydrogen-bond donors (Lipinski definition) is 1. The second-order valence-electron chi connectivity index (χ2n) is 14.2. The summed E-state index contributed by atoms with van der Waals surface area (Å²) in [6.45, 7) is 17.3. The fourth-order valence-electron chi connectivity index (χ4n) is 9.95. The molecule has 10 atom stereocenters. The lowest BCUT2D eigenvalue weighted by molar-refractivity contribution is -0.158. The molecule has 3 heteroatoms. The van der Waals surface area contributed by atoms with Crippen molar-refractivity contribution in [1.82, 2.24) is 0 Å². The normalized spacial score (nSPS) is 49.9. The third-order valence-corrected chi connectivity index (χ3v) is 12.3. The maximum atomic E-state index is 11.4. The van der Waals surface area contributed by atoms with Gasteiger partial charge in [0.15, 0.2) is 0 Å². The van der Waals surface area contributed by atoms with E-state index in [1.165, 1.54) is 44.9 Å². The zero-order valence-corrected chi connectivity index (χ0v) is 22.6.